The third-order valence-corrected chi connectivity index (χ3v) is 2.38. The summed E-state index contributed by atoms with van der Waals surface area (Å²) in [6.45, 7) is 1.50. The maximum absolute atomic E-state index is 11.5. The predicted molar refractivity (Wildman–Crippen MR) is 70.1 cm³/mol. The number of hydrogen-bond acceptors (Lipinski definition) is 5. The molecule has 2 aromatic rings. The van der Waals surface area contributed by atoms with Crippen LogP contribution in [-0.4, -0.2) is 24.1 Å². The van der Waals surface area contributed by atoms with Crippen LogP contribution in [0.4, 0.5) is 0 Å². The van der Waals surface area contributed by atoms with Crippen molar-refractivity contribution in [1.82, 2.24) is 10.7 Å². The van der Waals surface area contributed by atoms with Gasteiger partial charge in [0.05, 0.1) is 19.1 Å². The summed E-state index contributed by atoms with van der Waals surface area (Å²) in [4.78, 5) is 23.0. The Labute approximate surface area is 114 Å². The quantitative estimate of drug-likeness (QED) is 0.631. The Balaban J connectivity index is 1.79. The number of rotatable bonds is 5. The second-order valence-corrected chi connectivity index (χ2v) is 3.87. The van der Waals surface area contributed by atoms with E-state index in [1.807, 2.05) is 0 Å². The zero-order chi connectivity index (χ0) is 14.4. The molecule has 7 heteroatoms. The van der Waals surface area contributed by atoms with Crippen LogP contribution >= 0.6 is 0 Å². The first-order valence-electron chi connectivity index (χ1n) is 5.85. The Bertz CT molecular complexity index is 600. The highest BCUT2D eigenvalue weighted by Gasteiger charge is 2.10. The van der Waals surface area contributed by atoms with Gasteiger partial charge in [-0.25, -0.2) is 5.43 Å². The average molecular weight is 275 g/mol. The zero-order valence-electron chi connectivity index (χ0n) is 10.8. The minimum Gasteiger partial charge on any atom is -0.463 e. The number of furan rings is 2. The maximum atomic E-state index is 11.5. The fourth-order valence-electron chi connectivity index (χ4n) is 1.38. The largest absolute Gasteiger partial charge is 0.463 e. The fourth-order valence-corrected chi connectivity index (χ4v) is 1.38. The molecule has 2 heterocycles. The van der Waals surface area contributed by atoms with Crippen LogP contribution in [-0.2, 0) is 4.79 Å². The van der Waals surface area contributed by atoms with Gasteiger partial charge in [0, 0.05) is 0 Å². The van der Waals surface area contributed by atoms with E-state index in [4.69, 9.17) is 8.83 Å². The molecule has 20 heavy (non-hydrogen) atoms. The minimum absolute atomic E-state index is 0.146. The molecule has 0 saturated heterocycles. The van der Waals surface area contributed by atoms with E-state index in [1.54, 1.807) is 25.1 Å². The van der Waals surface area contributed by atoms with Gasteiger partial charge >= 0.3 is 0 Å². The summed E-state index contributed by atoms with van der Waals surface area (Å²) in [6, 6.07) is 6.54. The summed E-state index contributed by atoms with van der Waals surface area (Å²) in [5, 5.41) is 6.26. The van der Waals surface area contributed by atoms with Gasteiger partial charge in [0.1, 0.15) is 11.5 Å². The van der Waals surface area contributed by atoms with E-state index in [0.717, 1.165) is 0 Å². The molecule has 2 amide bonds. The molecule has 0 aliphatic heterocycles. The molecule has 7 nitrogen and oxygen atoms in total. The van der Waals surface area contributed by atoms with Gasteiger partial charge in [-0.3, -0.25) is 9.59 Å². The van der Waals surface area contributed by atoms with Crippen LogP contribution in [0, 0.1) is 0 Å². The first-order chi connectivity index (χ1) is 9.66. The van der Waals surface area contributed by atoms with Crippen LogP contribution in [0.25, 0.3) is 0 Å². The Kier molecular flexibility index (Phi) is 4.33. The highest BCUT2D eigenvalue weighted by atomic mass is 16.3. The van der Waals surface area contributed by atoms with Crippen LogP contribution in [0.1, 0.15) is 23.2 Å². The van der Waals surface area contributed by atoms with Gasteiger partial charge in [0.2, 0.25) is 0 Å². The highest BCUT2D eigenvalue weighted by molar-refractivity contribution is 5.97. The van der Waals surface area contributed by atoms with Gasteiger partial charge in [-0.15, -0.1) is 0 Å². The molecule has 0 aromatic carbocycles. The number of hydrogen-bond donors (Lipinski definition) is 2. The SMILES string of the molecule is CC(=NNC(=O)CNC(=O)c1ccco1)c1ccco1. The zero-order valence-corrected chi connectivity index (χ0v) is 10.8. The van der Waals surface area contributed by atoms with Gasteiger partial charge in [-0.2, -0.15) is 5.10 Å². The third-order valence-electron chi connectivity index (χ3n) is 2.38. The Morgan fingerprint density at radius 1 is 1.15 bits per heavy atom. The van der Waals surface area contributed by atoms with Crippen molar-refractivity contribution >= 4 is 17.5 Å². The second-order valence-electron chi connectivity index (χ2n) is 3.87. The Morgan fingerprint density at radius 3 is 2.40 bits per heavy atom. The molecule has 2 rings (SSSR count). The molecular weight excluding hydrogens is 262 g/mol. The smallest absolute Gasteiger partial charge is 0.287 e. The van der Waals surface area contributed by atoms with Crippen molar-refractivity contribution in [2.45, 2.75) is 6.92 Å². The average Bonchev–Trinajstić information content (AvgIpc) is 3.14. The monoisotopic (exact) mass is 275 g/mol. The maximum Gasteiger partial charge on any atom is 0.287 e. The lowest BCUT2D eigenvalue weighted by Crippen LogP contribution is -2.35. The van der Waals surface area contributed by atoms with E-state index in [9.17, 15) is 9.59 Å². The first-order valence-corrected chi connectivity index (χ1v) is 5.85. The van der Waals surface area contributed by atoms with Crippen molar-refractivity contribution in [2.75, 3.05) is 6.54 Å². The van der Waals surface area contributed by atoms with E-state index in [0.29, 0.717) is 11.5 Å². The summed E-state index contributed by atoms with van der Waals surface area (Å²) in [5.41, 5.74) is 2.84. The second kappa shape index (κ2) is 6.37. The van der Waals surface area contributed by atoms with E-state index in [2.05, 4.69) is 15.8 Å². The molecule has 0 aliphatic rings. The number of nitrogens with one attached hydrogen (secondary N) is 2. The summed E-state index contributed by atoms with van der Waals surface area (Å²) >= 11 is 0. The van der Waals surface area contributed by atoms with E-state index in [-0.39, 0.29) is 12.3 Å². The van der Waals surface area contributed by atoms with Gasteiger partial charge in [-0.1, -0.05) is 0 Å². The van der Waals surface area contributed by atoms with Crippen molar-refractivity contribution in [2.24, 2.45) is 5.10 Å². The lowest BCUT2D eigenvalue weighted by atomic mass is 10.3. The van der Waals surface area contributed by atoms with Crippen molar-refractivity contribution in [3.05, 3.63) is 48.3 Å². The number of carbonyl (C=O) groups is 2. The summed E-state index contributed by atoms with van der Waals surface area (Å²) in [5.74, 6) is -0.203. The molecule has 0 spiro atoms. The van der Waals surface area contributed by atoms with Gasteiger partial charge in [0.15, 0.2) is 5.76 Å². The molecular formula is C13H13N3O4. The molecule has 0 atom stereocenters. The van der Waals surface area contributed by atoms with Crippen LogP contribution < -0.4 is 10.7 Å². The van der Waals surface area contributed by atoms with E-state index in [1.165, 1.54) is 18.6 Å². The molecule has 0 aliphatic carbocycles. The molecule has 2 aromatic heterocycles. The highest BCUT2D eigenvalue weighted by Crippen LogP contribution is 2.01. The normalized spacial score (nSPS) is 11.2. The number of nitrogens with zero attached hydrogens (tertiary/aromatic N) is 1. The molecule has 0 fully saturated rings. The summed E-state index contributed by atoms with van der Waals surface area (Å²) < 4.78 is 10.0. The Hall–Kier alpha value is -2.83. The number of hydrazone groups is 1. The molecule has 2 N–H and O–H groups in total. The molecule has 104 valence electrons. The van der Waals surface area contributed by atoms with Crippen LogP contribution in [0.5, 0.6) is 0 Å². The van der Waals surface area contributed by atoms with Crippen molar-refractivity contribution < 1.29 is 18.4 Å². The van der Waals surface area contributed by atoms with Gasteiger partial charge in [0.25, 0.3) is 11.8 Å². The van der Waals surface area contributed by atoms with Crippen molar-refractivity contribution in [3.8, 4) is 0 Å². The van der Waals surface area contributed by atoms with Crippen LogP contribution in [0.3, 0.4) is 0 Å². The number of carbonyl (C=O) groups excluding carboxylic acids is 2. The van der Waals surface area contributed by atoms with Crippen LogP contribution in [0.15, 0.2) is 50.7 Å². The third kappa shape index (κ3) is 3.58. The topological polar surface area (TPSA) is 96.8 Å². The van der Waals surface area contributed by atoms with E-state index < -0.39 is 11.8 Å². The van der Waals surface area contributed by atoms with Gasteiger partial charge in [-0.05, 0) is 31.2 Å². The molecule has 0 radical (unpaired) electrons. The van der Waals surface area contributed by atoms with Crippen molar-refractivity contribution in [3.63, 3.8) is 0 Å². The molecule has 0 saturated carbocycles. The lowest BCUT2D eigenvalue weighted by molar-refractivity contribution is -0.120. The first kappa shape index (κ1) is 13.6. The molecule has 0 bridgehead atoms. The summed E-state index contributed by atoms with van der Waals surface area (Å²) in [6.07, 6.45) is 2.89. The molecule has 0 unspecified atom stereocenters. The lowest BCUT2D eigenvalue weighted by Gasteiger charge is -2.02. The van der Waals surface area contributed by atoms with Gasteiger partial charge < -0.3 is 14.2 Å². The van der Waals surface area contributed by atoms with Crippen LogP contribution in [0.2, 0.25) is 0 Å². The number of amides is 2. The fraction of sp³-hybridized carbons (Fsp3) is 0.154. The van der Waals surface area contributed by atoms with Crippen molar-refractivity contribution in [1.29, 1.82) is 0 Å². The summed E-state index contributed by atoms with van der Waals surface area (Å²) in [7, 11) is 0. The standard InChI is InChI=1S/C13H13N3O4/c1-9(10-4-2-6-19-10)15-16-12(17)8-14-13(18)11-5-3-7-20-11/h2-7H,8H2,1H3,(H,14,18)(H,16,17). The minimum atomic E-state index is -0.461. The predicted octanol–water partition coefficient (Wildman–Crippen LogP) is 1.14. The Morgan fingerprint density at radius 2 is 1.80 bits per heavy atom. The van der Waals surface area contributed by atoms with E-state index >= 15 is 0 Å².